The number of carbonyl (C=O) groups is 10. The summed E-state index contributed by atoms with van der Waals surface area (Å²) >= 11 is 0. The molecule has 18 atom stereocenters. The van der Waals surface area contributed by atoms with Crippen molar-refractivity contribution in [3.8, 4) is 0 Å². The molecule has 0 aliphatic carbocycles. The highest BCUT2D eigenvalue weighted by molar-refractivity contribution is 5.85. The zero-order valence-corrected chi connectivity index (χ0v) is 73.7. The fraction of sp³-hybridized carbons (Fsp3) is 0.884. The van der Waals surface area contributed by atoms with Gasteiger partial charge in [-0.25, -0.2) is 10.3 Å². The average molecular weight is 1770 g/mol. The van der Waals surface area contributed by atoms with Crippen molar-refractivity contribution in [1.29, 1.82) is 0 Å². The Morgan fingerprint density at radius 3 is 1.36 bits per heavy atom. The predicted octanol–water partition coefficient (Wildman–Crippen LogP) is 3.98. The van der Waals surface area contributed by atoms with Gasteiger partial charge in [-0.15, -0.1) is 0 Å². The number of carbonyl (C=O) groups excluding carboxylic acids is 10. The van der Waals surface area contributed by atoms with Gasteiger partial charge < -0.3 is 124 Å². The van der Waals surface area contributed by atoms with Gasteiger partial charge in [0.2, 0.25) is 23.6 Å². The van der Waals surface area contributed by atoms with Crippen molar-refractivity contribution in [2.24, 2.45) is 23.2 Å². The molecule has 13 N–H and O–H groups in total. The fourth-order valence-corrected chi connectivity index (χ4v) is 15.5. The van der Waals surface area contributed by atoms with Gasteiger partial charge in [0, 0.05) is 122 Å². The number of likely N-dealkylation sites (tertiary alicyclic amines) is 1. The van der Waals surface area contributed by atoms with Crippen molar-refractivity contribution in [1.82, 2.24) is 26.3 Å². The van der Waals surface area contributed by atoms with Gasteiger partial charge in [0.25, 0.3) is 0 Å². The molecule has 0 saturated carbocycles. The van der Waals surface area contributed by atoms with E-state index in [0.717, 1.165) is 64.2 Å². The lowest BCUT2D eigenvalue weighted by Gasteiger charge is -2.40. The highest BCUT2D eigenvalue weighted by Gasteiger charge is 2.46. The standard InChI is InChI=1S/C86H151N5O32/c1-59-76(104)79(107)67(53-92)121-82(59)116-43-23-30-63(95)28-15-9-6-14-22-42-89-85(110)118-47-27-39-86(38-26-46-115-75(103)34-17-11-8-13-21-41-88-72(100)58-119-84-61(3)78(106)81(109)69(55-94)123-84,37-25-45-114-74(102)33-16-10-7-12-20-40-87-70(98)31-24-44-117-83-60(2)77(105)80(108)68(54-93)122-83)51-64(96)35-36-71(99)90-120-49-48-113-57-65(97)29-18-19-32-73(101)91-52-66(112-5)50-62(91)56-111-4/h59-62,66-69,76-84,92-94,104-109H,6-58H2,1-5H3,(H,87,98)(H,88,100)(H,89,110)(H,90,99)/t59?,60?,61?,62-,66+,67?,68?,69?,76?,77?,78?,79?,80?,81?,82?,83?,84?,86?/m1/s1. The minimum absolute atomic E-state index is 0.00955. The number of hydrogen-bond acceptors (Lipinski definition) is 32. The quantitative estimate of drug-likeness (QED) is 0.0177. The highest BCUT2D eigenvalue weighted by atomic mass is 16.7. The number of ketones is 3. The van der Waals surface area contributed by atoms with Crippen LogP contribution in [0.5, 0.6) is 0 Å². The molecule has 712 valence electrons. The zero-order chi connectivity index (χ0) is 90.2. The SMILES string of the molecule is COC[C@H]1C[C@H](OC)CN1C(=O)CCCCC(=O)COCCONC(=O)CCC(=O)CC(CCCOC(=O)CCCCCCCNC(=O)CCCOC1OC(CO)C(O)C(O)C1C)(CCCOC(=O)CCCCCCCNC(=O)COC1OC(CO)C(O)C(O)C1C)CCCOC(=O)NCCCCCCCC(=O)CCCOC1OC(CO)C(O)C(O)C1C. The summed E-state index contributed by atoms with van der Waals surface area (Å²) in [5, 5.41) is 98.1. The lowest BCUT2D eigenvalue weighted by Crippen LogP contribution is -2.55. The lowest BCUT2D eigenvalue weighted by atomic mass is 9.71. The third-order valence-electron chi connectivity index (χ3n) is 23.1. The largest absolute Gasteiger partial charge is 0.466 e. The molecule has 37 nitrogen and oxygen atoms in total. The number of methoxy groups -OCH3 is 2. The van der Waals surface area contributed by atoms with Crippen LogP contribution in [0.3, 0.4) is 0 Å². The number of esters is 2. The molecule has 37 heteroatoms. The monoisotopic (exact) mass is 1770 g/mol. The summed E-state index contributed by atoms with van der Waals surface area (Å²) in [6.07, 6.45) is 3.48. The van der Waals surface area contributed by atoms with Gasteiger partial charge >= 0.3 is 18.0 Å². The number of ether oxygens (including phenoxy) is 12. The van der Waals surface area contributed by atoms with Crippen molar-refractivity contribution >= 4 is 59.0 Å². The van der Waals surface area contributed by atoms with Gasteiger partial charge in [-0.2, -0.15) is 0 Å². The van der Waals surface area contributed by atoms with E-state index in [4.69, 9.17) is 61.7 Å². The maximum absolute atomic E-state index is 14.2. The molecule has 0 aromatic heterocycles. The van der Waals surface area contributed by atoms with Crippen molar-refractivity contribution in [3.05, 3.63) is 0 Å². The number of amides is 5. The van der Waals surface area contributed by atoms with E-state index in [1.807, 2.05) is 0 Å². The van der Waals surface area contributed by atoms with Crippen LogP contribution in [0, 0.1) is 23.2 Å². The summed E-state index contributed by atoms with van der Waals surface area (Å²) in [5.41, 5.74) is 1.53. The number of rotatable bonds is 71. The van der Waals surface area contributed by atoms with Crippen molar-refractivity contribution < 1.29 is 156 Å². The number of aliphatic hydroxyl groups excluding tert-OH is 9. The van der Waals surface area contributed by atoms with Crippen LogP contribution in [-0.2, 0) is 105 Å². The first-order valence-corrected chi connectivity index (χ1v) is 45.0. The van der Waals surface area contributed by atoms with E-state index in [9.17, 15) is 93.9 Å². The summed E-state index contributed by atoms with van der Waals surface area (Å²) in [7, 11) is 3.21. The molecular formula is C86H151N5O32. The molecule has 0 bridgehead atoms. The maximum atomic E-state index is 14.2. The number of hydrogen-bond donors (Lipinski definition) is 13. The Hall–Kier alpha value is -5.66. The molecule has 123 heavy (non-hydrogen) atoms. The molecule has 4 aliphatic heterocycles. The molecule has 4 fully saturated rings. The smallest absolute Gasteiger partial charge is 0.407 e. The molecule has 16 unspecified atom stereocenters. The number of hydroxylamine groups is 1. The van der Waals surface area contributed by atoms with Crippen molar-refractivity contribution in [2.75, 3.05) is 126 Å². The number of nitrogens with one attached hydrogen (secondary N) is 4. The summed E-state index contributed by atoms with van der Waals surface area (Å²) in [4.78, 5) is 137. The minimum atomic E-state index is -1.29. The number of alkyl carbamates (subject to hydrolysis) is 1. The summed E-state index contributed by atoms with van der Waals surface area (Å²) < 4.78 is 67.0. The van der Waals surface area contributed by atoms with Crippen molar-refractivity contribution in [3.63, 3.8) is 0 Å². The maximum Gasteiger partial charge on any atom is 0.407 e. The fourth-order valence-electron chi connectivity index (χ4n) is 15.5. The van der Waals surface area contributed by atoms with E-state index >= 15 is 0 Å². The van der Waals surface area contributed by atoms with E-state index in [0.29, 0.717) is 155 Å². The van der Waals surface area contributed by atoms with Crippen LogP contribution in [0.2, 0.25) is 0 Å². The molecule has 0 aromatic carbocycles. The summed E-state index contributed by atoms with van der Waals surface area (Å²) in [6, 6.07) is -0.0571. The molecule has 4 saturated heterocycles. The first-order valence-electron chi connectivity index (χ1n) is 45.0. The number of nitrogens with zero attached hydrogens (tertiary/aromatic N) is 1. The Labute approximate surface area is 725 Å². The van der Waals surface area contributed by atoms with E-state index < -0.39 is 147 Å². The van der Waals surface area contributed by atoms with E-state index in [2.05, 4.69) is 21.4 Å². The molecule has 0 radical (unpaired) electrons. The second kappa shape index (κ2) is 65.0. The van der Waals surface area contributed by atoms with Crippen LogP contribution in [-0.4, -0.2) is 322 Å². The third kappa shape index (κ3) is 45.2. The van der Waals surface area contributed by atoms with Gasteiger partial charge in [-0.05, 0) is 115 Å². The molecule has 5 amide bonds. The Bertz CT molecular complexity index is 2870. The van der Waals surface area contributed by atoms with Crippen LogP contribution >= 0.6 is 0 Å². The first-order chi connectivity index (χ1) is 59.2. The summed E-state index contributed by atoms with van der Waals surface area (Å²) in [6.45, 7) is 5.38. The van der Waals surface area contributed by atoms with Crippen LogP contribution in [0.15, 0.2) is 0 Å². The number of Topliss-reactive ketones (excluding diaryl/α,β-unsaturated/α-hetero) is 3. The predicted molar refractivity (Wildman–Crippen MR) is 443 cm³/mol. The van der Waals surface area contributed by atoms with Gasteiger partial charge in [-0.1, -0.05) is 78.6 Å². The molecular weight excluding hydrogens is 1610 g/mol. The Morgan fingerprint density at radius 2 is 0.846 bits per heavy atom. The molecule has 4 rings (SSSR count). The normalized spacial score (nSPS) is 25.1. The van der Waals surface area contributed by atoms with E-state index in [1.54, 1.807) is 39.9 Å². The lowest BCUT2D eigenvalue weighted by molar-refractivity contribution is -0.282. The molecule has 0 spiro atoms. The van der Waals surface area contributed by atoms with Crippen LogP contribution in [0.4, 0.5) is 4.79 Å². The Kier molecular flexibility index (Phi) is 57.9. The van der Waals surface area contributed by atoms with E-state index in [-0.39, 0.29) is 146 Å². The minimum Gasteiger partial charge on any atom is -0.466 e. The van der Waals surface area contributed by atoms with Crippen molar-refractivity contribution in [2.45, 2.75) is 338 Å². The van der Waals surface area contributed by atoms with Crippen LogP contribution < -0.4 is 21.4 Å². The van der Waals surface area contributed by atoms with Gasteiger partial charge in [0.05, 0.1) is 103 Å². The highest BCUT2D eigenvalue weighted by Crippen LogP contribution is 2.40. The third-order valence-corrected chi connectivity index (χ3v) is 23.1. The number of unbranched alkanes of at least 4 members (excludes halogenated alkanes) is 13. The zero-order valence-electron chi connectivity index (χ0n) is 73.7. The summed E-state index contributed by atoms with van der Waals surface area (Å²) in [5.74, 6) is -3.94. The second-order valence-electron chi connectivity index (χ2n) is 33.2. The molecule has 4 heterocycles. The molecule has 0 aromatic rings. The van der Waals surface area contributed by atoms with Crippen LogP contribution in [0.1, 0.15) is 252 Å². The van der Waals surface area contributed by atoms with Crippen LogP contribution in [0.25, 0.3) is 0 Å². The second-order valence-corrected chi connectivity index (χ2v) is 33.2. The first kappa shape index (κ1) is 110. The molecule has 4 aliphatic rings. The van der Waals surface area contributed by atoms with Gasteiger partial charge in [0.15, 0.2) is 24.7 Å². The van der Waals surface area contributed by atoms with Gasteiger partial charge in [-0.3, -0.25) is 48.0 Å². The van der Waals surface area contributed by atoms with E-state index in [1.165, 1.54) is 0 Å². The average Bonchev–Trinajstić information content (AvgIpc) is 1.34. The van der Waals surface area contributed by atoms with Gasteiger partial charge in [0.1, 0.15) is 61.4 Å². The Balaban J connectivity index is 1.27. The number of aliphatic hydroxyl groups is 9. The topological polar surface area (TPSA) is 524 Å². The Morgan fingerprint density at radius 1 is 0.407 bits per heavy atom.